The van der Waals surface area contributed by atoms with E-state index in [1.807, 2.05) is 0 Å². The molecule has 0 aliphatic heterocycles. The number of nitrogens with zero attached hydrogens (tertiary/aromatic N) is 2. The summed E-state index contributed by atoms with van der Waals surface area (Å²) < 4.78 is 0. The molecule has 0 spiro atoms. The second-order valence-corrected chi connectivity index (χ2v) is 5.53. The van der Waals surface area contributed by atoms with Gasteiger partial charge in [0.1, 0.15) is 0 Å². The topological polar surface area (TPSA) is 84.0 Å². The van der Waals surface area contributed by atoms with E-state index in [4.69, 9.17) is 0 Å². The van der Waals surface area contributed by atoms with Crippen molar-refractivity contribution >= 4 is 23.2 Å². The summed E-state index contributed by atoms with van der Waals surface area (Å²) in [5.41, 5.74) is 1.75. The van der Waals surface area contributed by atoms with Crippen molar-refractivity contribution in [1.82, 2.24) is 15.5 Å². The Kier molecular flexibility index (Phi) is 6.42. The van der Waals surface area contributed by atoms with Crippen LogP contribution in [0.5, 0.6) is 0 Å². The molecule has 0 saturated carbocycles. The molecule has 126 valence electrons. The number of carbonyl (C=O) groups excluding carboxylic acids is 2. The predicted octanol–water partition coefficient (Wildman–Crippen LogP) is 3.34. The van der Waals surface area contributed by atoms with E-state index in [0.29, 0.717) is 23.6 Å². The molecular weight excluding hydrogens is 304 g/mol. The van der Waals surface area contributed by atoms with Crippen LogP contribution >= 0.6 is 0 Å². The number of aromatic nitrogens is 2. The van der Waals surface area contributed by atoms with E-state index in [2.05, 4.69) is 27.8 Å². The van der Waals surface area contributed by atoms with Gasteiger partial charge in [0.15, 0.2) is 17.3 Å². The zero-order valence-corrected chi connectivity index (χ0v) is 14.0. The predicted molar refractivity (Wildman–Crippen MR) is 93.6 cm³/mol. The minimum Gasteiger partial charge on any atom is -0.351 e. The van der Waals surface area contributed by atoms with Crippen LogP contribution < -0.4 is 10.6 Å². The van der Waals surface area contributed by atoms with Crippen molar-refractivity contribution in [3.63, 3.8) is 0 Å². The van der Waals surface area contributed by atoms with Gasteiger partial charge in [0.25, 0.3) is 5.91 Å². The number of ketones is 1. The van der Waals surface area contributed by atoms with Crippen LogP contribution in [-0.4, -0.2) is 28.4 Å². The lowest BCUT2D eigenvalue weighted by Crippen LogP contribution is -2.25. The van der Waals surface area contributed by atoms with E-state index in [0.717, 1.165) is 24.9 Å². The van der Waals surface area contributed by atoms with Gasteiger partial charge in [-0.3, -0.25) is 9.59 Å². The Morgan fingerprint density at radius 1 is 1.00 bits per heavy atom. The monoisotopic (exact) mass is 326 g/mol. The molecule has 1 aromatic carbocycles. The Bertz CT molecular complexity index is 681. The first-order valence-corrected chi connectivity index (χ1v) is 8.10. The number of benzene rings is 1. The summed E-state index contributed by atoms with van der Waals surface area (Å²) in [4.78, 5) is 23.2. The second-order valence-electron chi connectivity index (χ2n) is 5.53. The molecule has 1 aromatic heterocycles. The first-order valence-electron chi connectivity index (χ1n) is 8.10. The number of rotatable bonds is 8. The Balaban J connectivity index is 1.91. The fourth-order valence-electron chi connectivity index (χ4n) is 2.12. The average molecular weight is 326 g/mol. The number of hydrogen-bond acceptors (Lipinski definition) is 5. The molecule has 2 aromatic rings. The molecule has 0 radical (unpaired) electrons. The van der Waals surface area contributed by atoms with Gasteiger partial charge in [-0.1, -0.05) is 19.8 Å². The third kappa shape index (κ3) is 5.15. The van der Waals surface area contributed by atoms with E-state index in [1.165, 1.54) is 6.92 Å². The number of Topliss-reactive ketones (excluding diaryl/α,β-unsaturated/α-hetero) is 1. The molecule has 0 bridgehead atoms. The number of nitrogens with one attached hydrogen (secondary N) is 2. The fourth-order valence-corrected chi connectivity index (χ4v) is 2.12. The molecule has 0 aliphatic carbocycles. The lowest BCUT2D eigenvalue weighted by molar-refractivity contribution is 0.0946. The summed E-state index contributed by atoms with van der Waals surface area (Å²) in [6.45, 7) is 4.30. The second kappa shape index (κ2) is 8.76. The van der Waals surface area contributed by atoms with Crippen molar-refractivity contribution in [2.24, 2.45) is 0 Å². The number of amides is 1. The van der Waals surface area contributed by atoms with Crippen molar-refractivity contribution in [3.8, 4) is 0 Å². The van der Waals surface area contributed by atoms with Gasteiger partial charge < -0.3 is 10.6 Å². The summed E-state index contributed by atoms with van der Waals surface area (Å²) in [6, 6.07) is 10.4. The number of hydrogen-bond donors (Lipinski definition) is 2. The maximum Gasteiger partial charge on any atom is 0.271 e. The van der Waals surface area contributed by atoms with Crippen LogP contribution in [0.2, 0.25) is 0 Å². The molecule has 24 heavy (non-hydrogen) atoms. The van der Waals surface area contributed by atoms with Gasteiger partial charge in [0.2, 0.25) is 0 Å². The normalized spacial score (nSPS) is 10.2. The van der Waals surface area contributed by atoms with Crippen LogP contribution in [0.15, 0.2) is 36.4 Å². The molecule has 0 aliphatic rings. The van der Waals surface area contributed by atoms with Crippen LogP contribution in [-0.2, 0) is 0 Å². The molecule has 1 amide bonds. The number of carbonyl (C=O) groups is 2. The Hall–Kier alpha value is -2.76. The third-order valence-corrected chi connectivity index (χ3v) is 3.53. The van der Waals surface area contributed by atoms with Gasteiger partial charge in [0.05, 0.1) is 0 Å². The van der Waals surface area contributed by atoms with Crippen molar-refractivity contribution in [1.29, 1.82) is 0 Å². The van der Waals surface area contributed by atoms with Crippen LogP contribution in [0, 0.1) is 0 Å². The molecule has 2 N–H and O–H groups in total. The highest BCUT2D eigenvalue weighted by atomic mass is 16.2. The lowest BCUT2D eigenvalue weighted by atomic mass is 10.1. The van der Waals surface area contributed by atoms with E-state index >= 15 is 0 Å². The SMILES string of the molecule is CCCCCNC(=O)c1ccc(Nc2ccc(C(C)=O)cc2)nn1. The van der Waals surface area contributed by atoms with Gasteiger partial charge in [-0.2, -0.15) is 0 Å². The first-order chi connectivity index (χ1) is 11.6. The van der Waals surface area contributed by atoms with Crippen LogP contribution in [0.25, 0.3) is 0 Å². The van der Waals surface area contributed by atoms with Gasteiger partial charge in [-0.15, -0.1) is 10.2 Å². The molecule has 0 atom stereocenters. The molecule has 6 nitrogen and oxygen atoms in total. The Morgan fingerprint density at radius 3 is 2.33 bits per heavy atom. The summed E-state index contributed by atoms with van der Waals surface area (Å²) in [7, 11) is 0. The van der Waals surface area contributed by atoms with E-state index in [-0.39, 0.29) is 11.7 Å². The number of unbranched alkanes of at least 4 members (excludes halogenated alkanes) is 2. The highest BCUT2D eigenvalue weighted by molar-refractivity contribution is 5.94. The van der Waals surface area contributed by atoms with E-state index in [1.54, 1.807) is 36.4 Å². The standard InChI is InChI=1S/C18H22N4O2/c1-3-4-5-12-19-18(24)16-10-11-17(22-21-16)20-15-8-6-14(7-9-15)13(2)23/h6-11H,3-5,12H2,1-2H3,(H,19,24)(H,20,22). The smallest absolute Gasteiger partial charge is 0.271 e. The zero-order valence-electron chi connectivity index (χ0n) is 14.0. The van der Waals surface area contributed by atoms with Crippen molar-refractivity contribution < 1.29 is 9.59 Å². The molecule has 6 heteroatoms. The Labute approximate surface area is 141 Å². The summed E-state index contributed by atoms with van der Waals surface area (Å²) in [6.07, 6.45) is 3.17. The highest BCUT2D eigenvalue weighted by Gasteiger charge is 2.07. The van der Waals surface area contributed by atoms with Crippen LogP contribution in [0.1, 0.15) is 54.0 Å². The fraction of sp³-hybridized carbons (Fsp3) is 0.333. The van der Waals surface area contributed by atoms with Crippen molar-refractivity contribution in [2.45, 2.75) is 33.1 Å². The highest BCUT2D eigenvalue weighted by Crippen LogP contribution is 2.15. The molecular formula is C18H22N4O2. The minimum atomic E-state index is -0.212. The van der Waals surface area contributed by atoms with Crippen molar-refractivity contribution in [2.75, 3.05) is 11.9 Å². The lowest BCUT2D eigenvalue weighted by Gasteiger charge is -2.07. The molecule has 2 rings (SSSR count). The largest absolute Gasteiger partial charge is 0.351 e. The molecule has 0 fully saturated rings. The summed E-state index contributed by atoms with van der Waals surface area (Å²) in [5, 5.41) is 13.9. The Morgan fingerprint density at radius 2 is 1.75 bits per heavy atom. The van der Waals surface area contributed by atoms with Gasteiger partial charge in [0, 0.05) is 17.8 Å². The number of anilines is 2. The third-order valence-electron chi connectivity index (χ3n) is 3.53. The van der Waals surface area contributed by atoms with Crippen molar-refractivity contribution in [3.05, 3.63) is 47.7 Å². The van der Waals surface area contributed by atoms with E-state index < -0.39 is 0 Å². The van der Waals surface area contributed by atoms with Gasteiger partial charge >= 0.3 is 0 Å². The van der Waals surface area contributed by atoms with E-state index in [9.17, 15) is 9.59 Å². The molecule has 0 unspecified atom stereocenters. The van der Waals surface area contributed by atoms with Gasteiger partial charge in [-0.25, -0.2) is 0 Å². The maximum absolute atomic E-state index is 11.9. The first kappa shape index (κ1) is 17.6. The minimum absolute atomic E-state index is 0.0237. The summed E-state index contributed by atoms with van der Waals surface area (Å²) in [5.74, 6) is 0.347. The quantitative estimate of drug-likeness (QED) is 0.574. The summed E-state index contributed by atoms with van der Waals surface area (Å²) >= 11 is 0. The zero-order chi connectivity index (χ0) is 17.4. The van der Waals surface area contributed by atoms with Crippen LogP contribution in [0.3, 0.4) is 0 Å². The van der Waals surface area contributed by atoms with Crippen LogP contribution in [0.4, 0.5) is 11.5 Å². The van der Waals surface area contributed by atoms with Gasteiger partial charge in [-0.05, 0) is 49.7 Å². The average Bonchev–Trinajstić information content (AvgIpc) is 2.59. The molecule has 0 saturated heterocycles. The maximum atomic E-state index is 11.9. The molecule has 1 heterocycles.